The molecule has 2 heterocycles. The molecule has 20 heavy (non-hydrogen) atoms. The molecule has 3 N–H and O–H groups in total. The first-order valence-corrected chi connectivity index (χ1v) is 7.52. The molecule has 2 aliphatic heterocycles. The lowest BCUT2D eigenvalue weighted by Crippen LogP contribution is -2.48. The normalized spacial score (nSPS) is 36.6. The topological polar surface area (TPSA) is 58.4 Å². The van der Waals surface area contributed by atoms with Gasteiger partial charge >= 0.3 is 0 Å². The van der Waals surface area contributed by atoms with E-state index in [1.54, 1.807) is 0 Å². The highest BCUT2D eigenvalue weighted by Crippen LogP contribution is 2.28. The summed E-state index contributed by atoms with van der Waals surface area (Å²) in [5, 5.41) is 3.27. The van der Waals surface area contributed by atoms with Crippen LogP contribution in [0.1, 0.15) is 44.9 Å². The minimum atomic E-state index is 0. The second-order valence-electron chi connectivity index (χ2n) is 6.33. The second-order valence-corrected chi connectivity index (χ2v) is 6.33. The molecule has 0 aromatic rings. The molecule has 4 unspecified atom stereocenters. The van der Waals surface area contributed by atoms with Crippen molar-refractivity contribution in [3.63, 3.8) is 0 Å². The number of hydrogen-bond donors (Lipinski definition) is 2. The Labute approximate surface area is 134 Å². The number of fused-ring (bicyclic) bond motifs is 1. The summed E-state index contributed by atoms with van der Waals surface area (Å²) in [7, 11) is 0. The minimum Gasteiger partial charge on any atom is -0.353 e. The van der Waals surface area contributed by atoms with Gasteiger partial charge in [0.2, 0.25) is 5.91 Å². The summed E-state index contributed by atoms with van der Waals surface area (Å²) in [5.74, 6) is 0.445. The molecule has 118 valence electrons. The van der Waals surface area contributed by atoms with Crippen molar-refractivity contribution < 1.29 is 4.79 Å². The standard InChI is InChI=1S/C14H25N3O.2ClH/c15-11-4-3-10(8-11)14(18)16-12-5-7-17-6-1-2-13(17)9-12;;/h10-13H,1-9,15H2,(H,16,18);2*1H. The molecule has 0 bridgehead atoms. The van der Waals surface area contributed by atoms with E-state index in [2.05, 4.69) is 10.2 Å². The molecule has 2 saturated heterocycles. The number of nitrogens with one attached hydrogen (secondary N) is 1. The van der Waals surface area contributed by atoms with E-state index < -0.39 is 0 Å². The molecule has 1 amide bonds. The zero-order valence-electron chi connectivity index (χ0n) is 11.9. The van der Waals surface area contributed by atoms with Crippen molar-refractivity contribution in [1.82, 2.24) is 10.2 Å². The Balaban J connectivity index is 0.000001000. The fourth-order valence-electron chi connectivity index (χ4n) is 3.93. The van der Waals surface area contributed by atoms with Crippen molar-refractivity contribution in [3.8, 4) is 0 Å². The van der Waals surface area contributed by atoms with Crippen LogP contribution in [0.2, 0.25) is 0 Å². The molecule has 3 fully saturated rings. The highest BCUT2D eigenvalue weighted by Gasteiger charge is 2.34. The molecule has 1 aliphatic carbocycles. The van der Waals surface area contributed by atoms with Gasteiger partial charge in [-0.3, -0.25) is 4.79 Å². The van der Waals surface area contributed by atoms with Crippen LogP contribution in [-0.4, -0.2) is 42.0 Å². The van der Waals surface area contributed by atoms with Crippen molar-refractivity contribution in [1.29, 1.82) is 0 Å². The SMILES string of the molecule is Cl.Cl.NC1CCC(C(=O)NC2CCN3CCCC3C2)C1. The van der Waals surface area contributed by atoms with E-state index >= 15 is 0 Å². The summed E-state index contributed by atoms with van der Waals surface area (Å²) < 4.78 is 0. The minimum absolute atomic E-state index is 0. The molecule has 6 heteroatoms. The van der Waals surface area contributed by atoms with Gasteiger partial charge in [0, 0.05) is 30.6 Å². The van der Waals surface area contributed by atoms with E-state index in [4.69, 9.17) is 5.73 Å². The number of halogens is 2. The number of rotatable bonds is 2. The monoisotopic (exact) mass is 323 g/mol. The largest absolute Gasteiger partial charge is 0.353 e. The summed E-state index contributed by atoms with van der Waals surface area (Å²) in [6, 6.07) is 1.39. The zero-order valence-corrected chi connectivity index (χ0v) is 13.6. The third kappa shape index (κ3) is 4.00. The smallest absolute Gasteiger partial charge is 0.223 e. The summed E-state index contributed by atoms with van der Waals surface area (Å²) in [6.07, 6.45) is 7.82. The van der Waals surface area contributed by atoms with E-state index in [1.807, 2.05) is 0 Å². The summed E-state index contributed by atoms with van der Waals surface area (Å²) in [5.41, 5.74) is 5.88. The highest BCUT2D eigenvalue weighted by molar-refractivity contribution is 5.85. The fraction of sp³-hybridized carbons (Fsp3) is 0.929. The van der Waals surface area contributed by atoms with Crippen molar-refractivity contribution in [2.75, 3.05) is 13.1 Å². The molecule has 0 spiro atoms. The van der Waals surface area contributed by atoms with E-state index in [0.717, 1.165) is 38.1 Å². The van der Waals surface area contributed by atoms with Crippen LogP contribution in [0.25, 0.3) is 0 Å². The quantitative estimate of drug-likeness (QED) is 0.813. The summed E-state index contributed by atoms with van der Waals surface area (Å²) in [4.78, 5) is 14.8. The number of nitrogens with zero attached hydrogens (tertiary/aromatic N) is 1. The molecule has 1 saturated carbocycles. The molecule has 0 radical (unpaired) electrons. The Bertz CT molecular complexity index is 330. The van der Waals surface area contributed by atoms with Gasteiger partial charge in [-0.15, -0.1) is 24.8 Å². The van der Waals surface area contributed by atoms with Crippen LogP contribution in [0.5, 0.6) is 0 Å². The predicted octanol–water partition coefficient (Wildman–Crippen LogP) is 1.70. The number of nitrogens with two attached hydrogens (primary N) is 1. The van der Waals surface area contributed by atoms with Crippen LogP contribution in [0, 0.1) is 5.92 Å². The van der Waals surface area contributed by atoms with E-state index in [-0.39, 0.29) is 42.7 Å². The number of piperidine rings is 1. The Morgan fingerprint density at radius 3 is 2.55 bits per heavy atom. The van der Waals surface area contributed by atoms with Crippen LogP contribution < -0.4 is 11.1 Å². The van der Waals surface area contributed by atoms with Crippen LogP contribution in [0.4, 0.5) is 0 Å². The number of hydrogen-bond acceptors (Lipinski definition) is 3. The maximum Gasteiger partial charge on any atom is 0.223 e. The predicted molar refractivity (Wildman–Crippen MR) is 85.6 cm³/mol. The molecular formula is C14H27Cl2N3O. The van der Waals surface area contributed by atoms with E-state index in [9.17, 15) is 4.79 Å². The Hall–Kier alpha value is -0.0300. The van der Waals surface area contributed by atoms with Gasteiger partial charge in [-0.1, -0.05) is 0 Å². The van der Waals surface area contributed by atoms with E-state index in [0.29, 0.717) is 6.04 Å². The molecule has 0 aromatic heterocycles. The van der Waals surface area contributed by atoms with Gasteiger partial charge in [-0.05, 0) is 51.5 Å². The van der Waals surface area contributed by atoms with Gasteiger partial charge in [-0.25, -0.2) is 0 Å². The maximum absolute atomic E-state index is 12.2. The fourth-order valence-corrected chi connectivity index (χ4v) is 3.93. The lowest BCUT2D eigenvalue weighted by atomic mass is 9.96. The zero-order chi connectivity index (χ0) is 12.5. The van der Waals surface area contributed by atoms with Gasteiger partial charge in [0.05, 0.1) is 0 Å². The van der Waals surface area contributed by atoms with Crippen molar-refractivity contribution in [3.05, 3.63) is 0 Å². The molecule has 4 atom stereocenters. The average Bonchev–Trinajstić information content (AvgIpc) is 2.96. The van der Waals surface area contributed by atoms with Gasteiger partial charge in [0.1, 0.15) is 0 Å². The molecule has 4 nitrogen and oxygen atoms in total. The summed E-state index contributed by atoms with van der Waals surface area (Å²) in [6.45, 7) is 2.43. The van der Waals surface area contributed by atoms with Crippen molar-refractivity contribution in [2.45, 2.75) is 63.1 Å². The van der Waals surface area contributed by atoms with Crippen LogP contribution in [-0.2, 0) is 4.79 Å². The lowest BCUT2D eigenvalue weighted by Gasteiger charge is -2.35. The van der Waals surface area contributed by atoms with Crippen molar-refractivity contribution >= 4 is 30.7 Å². The van der Waals surface area contributed by atoms with Gasteiger partial charge in [0.25, 0.3) is 0 Å². The first kappa shape index (κ1) is 18.0. The average molecular weight is 324 g/mol. The first-order chi connectivity index (χ1) is 8.72. The molecule has 3 rings (SSSR count). The third-order valence-corrected chi connectivity index (χ3v) is 5.01. The van der Waals surface area contributed by atoms with Crippen molar-refractivity contribution in [2.24, 2.45) is 11.7 Å². The van der Waals surface area contributed by atoms with Gasteiger partial charge < -0.3 is 16.0 Å². The van der Waals surface area contributed by atoms with Crippen LogP contribution in [0.15, 0.2) is 0 Å². The second kappa shape index (κ2) is 7.83. The Morgan fingerprint density at radius 1 is 1.05 bits per heavy atom. The first-order valence-electron chi connectivity index (χ1n) is 7.52. The van der Waals surface area contributed by atoms with Crippen LogP contribution in [0.3, 0.4) is 0 Å². The molecule has 3 aliphatic rings. The van der Waals surface area contributed by atoms with Gasteiger partial charge in [0.15, 0.2) is 0 Å². The number of carbonyl (C=O) groups is 1. The van der Waals surface area contributed by atoms with E-state index in [1.165, 1.54) is 25.9 Å². The third-order valence-electron chi connectivity index (χ3n) is 5.01. The molecular weight excluding hydrogens is 297 g/mol. The highest BCUT2D eigenvalue weighted by atomic mass is 35.5. The Kier molecular flexibility index (Phi) is 7.06. The summed E-state index contributed by atoms with van der Waals surface area (Å²) >= 11 is 0. The Morgan fingerprint density at radius 2 is 1.85 bits per heavy atom. The number of amides is 1. The van der Waals surface area contributed by atoms with Crippen LogP contribution >= 0.6 is 24.8 Å². The number of carbonyl (C=O) groups excluding carboxylic acids is 1. The molecule has 0 aromatic carbocycles. The lowest BCUT2D eigenvalue weighted by molar-refractivity contribution is -0.126. The van der Waals surface area contributed by atoms with Gasteiger partial charge in [-0.2, -0.15) is 0 Å². The maximum atomic E-state index is 12.2.